The molecule has 0 bridgehead atoms. The summed E-state index contributed by atoms with van der Waals surface area (Å²) in [5, 5.41) is 0. The molecule has 0 atom stereocenters. The van der Waals surface area contributed by atoms with Crippen LogP contribution in [0.5, 0.6) is 0 Å². The van der Waals surface area contributed by atoms with Gasteiger partial charge >= 0.3 is 0 Å². The third kappa shape index (κ3) is 3.06. The van der Waals surface area contributed by atoms with Gasteiger partial charge in [-0.05, 0) is 30.5 Å². The van der Waals surface area contributed by atoms with Crippen LogP contribution < -0.4 is 0 Å². The largest absolute Gasteiger partial charge is 0.339 e. The molecule has 0 unspecified atom stereocenters. The van der Waals surface area contributed by atoms with Crippen molar-refractivity contribution >= 4 is 5.91 Å². The van der Waals surface area contributed by atoms with Crippen LogP contribution in [0.3, 0.4) is 0 Å². The lowest BCUT2D eigenvalue weighted by Crippen LogP contribution is -2.27. The first-order chi connectivity index (χ1) is 10.6. The molecule has 0 saturated carbocycles. The van der Waals surface area contributed by atoms with Gasteiger partial charge in [0, 0.05) is 43.5 Å². The van der Waals surface area contributed by atoms with E-state index in [4.69, 9.17) is 0 Å². The van der Waals surface area contributed by atoms with Crippen molar-refractivity contribution in [1.82, 2.24) is 14.5 Å². The molecule has 4 nitrogen and oxygen atoms in total. The fourth-order valence-electron chi connectivity index (χ4n) is 3.01. The van der Waals surface area contributed by atoms with E-state index in [1.807, 2.05) is 41.6 Å². The van der Waals surface area contributed by atoms with Crippen molar-refractivity contribution in [2.24, 2.45) is 0 Å². The van der Waals surface area contributed by atoms with Gasteiger partial charge in [-0.2, -0.15) is 0 Å². The molecule has 1 saturated heterocycles. The minimum Gasteiger partial charge on any atom is -0.339 e. The molecule has 1 aliphatic rings. The van der Waals surface area contributed by atoms with Crippen molar-refractivity contribution in [1.29, 1.82) is 0 Å². The Morgan fingerprint density at radius 3 is 2.50 bits per heavy atom. The van der Waals surface area contributed by atoms with Crippen molar-refractivity contribution < 1.29 is 4.79 Å². The van der Waals surface area contributed by atoms with Gasteiger partial charge in [-0.1, -0.05) is 26.0 Å². The van der Waals surface area contributed by atoms with Gasteiger partial charge in [-0.3, -0.25) is 4.79 Å². The number of nitrogens with zero attached hydrogens (tertiary/aromatic N) is 3. The van der Waals surface area contributed by atoms with Gasteiger partial charge in [0.05, 0.1) is 0 Å². The monoisotopic (exact) mass is 297 g/mol. The summed E-state index contributed by atoms with van der Waals surface area (Å²) in [5.74, 6) is 1.66. The predicted molar refractivity (Wildman–Crippen MR) is 87.0 cm³/mol. The molecule has 22 heavy (non-hydrogen) atoms. The summed E-state index contributed by atoms with van der Waals surface area (Å²) in [5.41, 5.74) is 1.98. The average Bonchev–Trinajstić information content (AvgIpc) is 3.18. The highest BCUT2D eigenvalue weighted by molar-refractivity contribution is 5.94. The lowest BCUT2D eigenvalue weighted by atomic mass is 10.1. The molecule has 2 aromatic rings. The van der Waals surface area contributed by atoms with E-state index in [-0.39, 0.29) is 5.91 Å². The zero-order valence-electron chi connectivity index (χ0n) is 13.3. The Morgan fingerprint density at radius 1 is 1.18 bits per heavy atom. The van der Waals surface area contributed by atoms with Crippen LogP contribution in [-0.4, -0.2) is 33.4 Å². The molecule has 0 spiro atoms. The standard InChI is InChI=1S/C18H23N3O/c1-14(2)17-19-9-12-21(17)13-15-5-7-16(8-6-15)18(22)20-10-3-4-11-20/h5-9,12,14H,3-4,10-11,13H2,1-2H3. The normalized spacial score (nSPS) is 14.8. The first-order valence-electron chi connectivity index (χ1n) is 8.04. The van der Waals surface area contributed by atoms with Crippen molar-refractivity contribution in [3.63, 3.8) is 0 Å². The second-order valence-electron chi connectivity index (χ2n) is 6.26. The molecule has 2 heterocycles. The smallest absolute Gasteiger partial charge is 0.253 e. The number of likely N-dealkylation sites (tertiary alicyclic amines) is 1. The summed E-state index contributed by atoms with van der Waals surface area (Å²) >= 11 is 0. The third-order valence-electron chi connectivity index (χ3n) is 4.21. The number of amides is 1. The number of carbonyl (C=O) groups is 1. The van der Waals surface area contributed by atoms with E-state index in [1.165, 1.54) is 5.56 Å². The molecule has 116 valence electrons. The molecular formula is C18H23N3O. The first kappa shape index (κ1) is 14.8. The van der Waals surface area contributed by atoms with E-state index in [0.29, 0.717) is 5.92 Å². The summed E-state index contributed by atoms with van der Waals surface area (Å²) in [6, 6.07) is 7.99. The van der Waals surface area contributed by atoms with E-state index in [0.717, 1.165) is 43.9 Å². The van der Waals surface area contributed by atoms with Gasteiger partial charge < -0.3 is 9.47 Å². The maximum Gasteiger partial charge on any atom is 0.253 e. The number of imidazole rings is 1. The van der Waals surface area contributed by atoms with Gasteiger partial charge in [0.25, 0.3) is 5.91 Å². The average molecular weight is 297 g/mol. The maximum atomic E-state index is 12.3. The fraction of sp³-hybridized carbons (Fsp3) is 0.444. The topological polar surface area (TPSA) is 38.1 Å². The zero-order chi connectivity index (χ0) is 15.5. The van der Waals surface area contributed by atoms with Crippen molar-refractivity contribution in [2.75, 3.05) is 13.1 Å². The lowest BCUT2D eigenvalue weighted by Gasteiger charge is -2.15. The Hall–Kier alpha value is -2.10. The first-order valence-corrected chi connectivity index (χ1v) is 8.04. The minimum atomic E-state index is 0.162. The van der Waals surface area contributed by atoms with Crippen LogP contribution in [0.25, 0.3) is 0 Å². The number of hydrogen-bond donors (Lipinski definition) is 0. The molecule has 4 heteroatoms. The van der Waals surface area contributed by atoms with Crippen molar-refractivity contribution in [3.8, 4) is 0 Å². The highest BCUT2D eigenvalue weighted by Crippen LogP contribution is 2.16. The number of rotatable bonds is 4. The van der Waals surface area contributed by atoms with E-state index >= 15 is 0 Å². The minimum absolute atomic E-state index is 0.162. The highest BCUT2D eigenvalue weighted by atomic mass is 16.2. The summed E-state index contributed by atoms with van der Waals surface area (Å²) in [6.45, 7) is 6.89. The van der Waals surface area contributed by atoms with E-state index in [9.17, 15) is 4.79 Å². The van der Waals surface area contributed by atoms with Gasteiger partial charge in [-0.25, -0.2) is 4.98 Å². The van der Waals surface area contributed by atoms with Crippen LogP contribution >= 0.6 is 0 Å². The van der Waals surface area contributed by atoms with E-state index in [2.05, 4.69) is 23.4 Å². The summed E-state index contributed by atoms with van der Waals surface area (Å²) < 4.78 is 2.17. The van der Waals surface area contributed by atoms with Crippen molar-refractivity contribution in [2.45, 2.75) is 39.2 Å². The van der Waals surface area contributed by atoms with Crippen LogP contribution in [0, 0.1) is 0 Å². The molecule has 0 radical (unpaired) electrons. The lowest BCUT2D eigenvalue weighted by molar-refractivity contribution is 0.0793. The van der Waals surface area contributed by atoms with E-state index in [1.54, 1.807) is 0 Å². The van der Waals surface area contributed by atoms with Gasteiger partial charge in [0.15, 0.2) is 0 Å². The number of aromatic nitrogens is 2. The Morgan fingerprint density at radius 2 is 1.86 bits per heavy atom. The second kappa shape index (κ2) is 6.34. The van der Waals surface area contributed by atoms with Crippen LogP contribution in [0.2, 0.25) is 0 Å². The fourth-order valence-corrected chi connectivity index (χ4v) is 3.01. The molecule has 1 aromatic heterocycles. The van der Waals surface area contributed by atoms with Gasteiger partial charge in [-0.15, -0.1) is 0 Å². The van der Waals surface area contributed by atoms with Crippen LogP contribution in [0.1, 0.15) is 54.4 Å². The summed E-state index contributed by atoms with van der Waals surface area (Å²) in [7, 11) is 0. The zero-order valence-corrected chi connectivity index (χ0v) is 13.3. The van der Waals surface area contributed by atoms with Crippen LogP contribution in [-0.2, 0) is 6.54 Å². The third-order valence-corrected chi connectivity index (χ3v) is 4.21. The SMILES string of the molecule is CC(C)c1nccn1Cc1ccc(C(=O)N2CCCC2)cc1. The molecule has 1 amide bonds. The summed E-state index contributed by atoms with van der Waals surface area (Å²) in [4.78, 5) is 18.7. The van der Waals surface area contributed by atoms with Crippen molar-refractivity contribution in [3.05, 3.63) is 53.6 Å². The molecule has 3 rings (SSSR count). The number of carbonyl (C=O) groups excluding carboxylic acids is 1. The van der Waals surface area contributed by atoms with E-state index < -0.39 is 0 Å². The molecule has 1 aliphatic heterocycles. The number of hydrogen-bond acceptors (Lipinski definition) is 2. The van der Waals surface area contributed by atoms with Crippen LogP contribution in [0.4, 0.5) is 0 Å². The Labute approximate surface area is 131 Å². The van der Waals surface area contributed by atoms with Gasteiger partial charge in [0.1, 0.15) is 5.82 Å². The Balaban J connectivity index is 1.71. The Bertz CT molecular complexity index is 637. The second-order valence-corrected chi connectivity index (χ2v) is 6.26. The summed E-state index contributed by atoms with van der Waals surface area (Å²) in [6.07, 6.45) is 6.12. The highest BCUT2D eigenvalue weighted by Gasteiger charge is 2.19. The number of benzene rings is 1. The quantitative estimate of drug-likeness (QED) is 0.868. The van der Waals surface area contributed by atoms with Gasteiger partial charge in [0.2, 0.25) is 0 Å². The van der Waals surface area contributed by atoms with Crippen LogP contribution in [0.15, 0.2) is 36.7 Å². The molecule has 0 aliphatic carbocycles. The predicted octanol–water partition coefficient (Wildman–Crippen LogP) is 3.29. The molecular weight excluding hydrogens is 274 g/mol. The molecule has 1 fully saturated rings. The Kier molecular flexibility index (Phi) is 4.27. The molecule has 1 aromatic carbocycles. The maximum absolute atomic E-state index is 12.3. The molecule has 0 N–H and O–H groups in total.